The highest BCUT2D eigenvalue weighted by atomic mass is 16.2. The molecule has 0 fully saturated rings. The average molecular weight is 396 g/mol. The molecule has 0 aliphatic heterocycles. The van der Waals surface area contributed by atoms with Crippen LogP contribution >= 0.6 is 0 Å². The van der Waals surface area contributed by atoms with Crippen LogP contribution in [0.5, 0.6) is 0 Å². The molecule has 0 saturated carbocycles. The Morgan fingerprint density at radius 1 is 1.00 bits per heavy atom. The summed E-state index contributed by atoms with van der Waals surface area (Å²) in [6.07, 6.45) is 0.427. The van der Waals surface area contributed by atoms with Gasteiger partial charge in [-0.2, -0.15) is 0 Å². The molecule has 1 atom stereocenters. The van der Waals surface area contributed by atoms with Crippen molar-refractivity contribution in [2.75, 3.05) is 5.32 Å². The van der Waals surface area contributed by atoms with E-state index >= 15 is 0 Å². The molecule has 5 N–H and O–H groups in total. The van der Waals surface area contributed by atoms with Crippen LogP contribution < -0.4 is 21.7 Å². The number of carbonyl (C=O) groups excluding carboxylic acids is 3. The molecule has 2 aromatic rings. The Labute approximate surface area is 171 Å². The van der Waals surface area contributed by atoms with Crippen molar-refractivity contribution in [3.05, 3.63) is 65.2 Å². The van der Waals surface area contributed by atoms with E-state index in [-0.39, 0.29) is 11.8 Å². The maximum absolute atomic E-state index is 12.7. The molecule has 7 heteroatoms. The largest absolute Gasteiger partial charge is 0.352 e. The Morgan fingerprint density at radius 2 is 1.66 bits per heavy atom. The standard InChI is InChI=1S/C22H28N4O3/c1-14(2)12-19(26-22(23)29)21(28)25-18-7-5-4-6-17(18)20(27)24-13-16-10-8-15(3)9-11-16/h4-11,14,19H,12-13H2,1-3H3,(H,24,27)(H,25,28)(H3,23,26,29)/t19-/m0/s1. The van der Waals surface area contributed by atoms with Gasteiger partial charge in [-0.3, -0.25) is 9.59 Å². The molecule has 0 saturated heterocycles. The number of urea groups is 1. The summed E-state index contributed by atoms with van der Waals surface area (Å²) in [6, 6.07) is 13.1. The number of carbonyl (C=O) groups is 3. The van der Waals surface area contributed by atoms with Crippen molar-refractivity contribution in [3.63, 3.8) is 0 Å². The smallest absolute Gasteiger partial charge is 0.312 e. The number of anilines is 1. The lowest BCUT2D eigenvalue weighted by Gasteiger charge is -2.20. The fraction of sp³-hybridized carbons (Fsp3) is 0.318. The van der Waals surface area contributed by atoms with Crippen molar-refractivity contribution in [2.45, 2.75) is 39.8 Å². The fourth-order valence-electron chi connectivity index (χ4n) is 2.87. The van der Waals surface area contributed by atoms with Gasteiger partial charge in [-0.15, -0.1) is 0 Å². The summed E-state index contributed by atoms with van der Waals surface area (Å²) in [6.45, 7) is 6.26. The van der Waals surface area contributed by atoms with E-state index in [9.17, 15) is 14.4 Å². The van der Waals surface area contributed by atoms with E-state index in [4.69, 9.17) is 5.73 Å². The first-order valence-corrected chi connectivity index (χ1v) is 9.56. The number of para-hydroxylation sites is 1. The summed E-state index contributed by atoms with van der Waals surface area (Å²) >= 11 is 0. The summed E-state index contributed by atoms with van der Waals surface area (Å²) in [7, 11) is 0. The van der Waals surface area contributed by atoms with Gasteiger partial charge < -0.3 is 21.7 Å². The number of nitrogens with one attached hydrogen (secondary N) is 3. The predicted molar refractivity (Wildman–Crippen MR) is 113 cm³/mol. The minimum atomic E-state index is -0.781. The number of nitrogens with two attached hydrogens (primary N) is 1. The lowest BCUT2D eigenvalue weighted by Crippen LogP contribution is -2.46. The highest BCUT2D eigenvalue weighted by Gasteiger charge is 2.22. The van der Waals surface area contributed by atoms with Gasteiger partial charge in [0.05, 0.1) is 11.3 Å². The third-order valence-corrected chi connectivity index (χ3v) is 4.34. The molecule has 0 heterocycles. The summed E-state index contributed by atoms with van der Waals surface area (Å²) < 4.78 is 0. The number of hydrogen-bond acceptors (Lipinski definition) is 3. The SMILES string of the molecule is Cc1ccc(CNC(=O)c2ccccc2NC(=O)[C@H](CC(C)C)NC(N)=O)cc1. The van der Waals surface area contributed by atoms with Gasteiger partial charge in [0.25, 0.3) is 5.91 Å². The molecular weight excluding hydrogens is 368 g/mol. The van der Waals surface area contributed by atoms with Crippen LogP contribution in [-0.4, -0.2) is 23.9 Å². The summed E-state index contributed by atoms with van der Waals surface area (Å²) in [5.41, 5.74) is 8.03. The molecule has 0 radical (unpaired) electrons. The normalized spacial score (nSPS) is 11.6. The minimum Gasteiger partial charge on any atom is -0.352 e. The predicted octanol–water partition coefficient (Wildman–Crippen LogP) is 2.95. The van der Waals surface area contributed by atoms with Crippen LogP contribution in [0.15, 0.2) is 48.5 Å². The van der Waals surface area contributed by atoms with Gasteiger partial charge in [-0.1, -0.05) is 55.8 Å². The van der Waals surface area contributed by atoms with Crippen LogP contribution in [0.2, 0.25) is 0 Å². The molecule has 2 aromatic carbocycles. The Kier molecular flexibility index (Phi) is 7.77. The van der Waals surface area contributed by atoms with Crippen molar-refractivity contribution in [1.29, 1.82) is 0 Å². The quantitative estimate of drug-likeness (QED) is 0.550. The van der Waals surface area contributed by atoms with Crippen LogP contribution in [0.3, 0.4) is 0 Å². The highest BCUT2D eigenvalue weighted by Crippen LogP contribution is 2.17. The summed E-state index contributed by atoms with van der Waals surface area (Å²) in [4.78, 5) is 36.5. The Balaban J connectivity index is 2.09. The number of amides is 4. The molecule has 0 aromatic heterocycles. The highest BCUT2D eigenvalue weighted by molar-refractivity contribution is 6.05. The average Bonchev–Trinajstić information content (AvgIpc) is 2.66. The van der Waals surface area contributed by atoms with Gasteiger partial charge in [0.2, 0.25) is 5.91 Å². The molecule has 2 rings (SSSR count). The van der Waals surface area contributed by atoms with Crippen LogP contribution in [0.4, 0.5) is 10.5 Å². The number of benzene rings is 2. The second-order valence-corrected chi connectivity index (χ2v) is 7.39. The molecule has 154 valence electrons. The zero-order chi connectivity index (χ0) is 21.4. The van der Waals surface area contributed by atoms with Gasteiger partial charge >= 0.3 is 6.03 Å². The first-order chi connectivity index (χ1) is 13.8. The van der Waals surface area contributed by atoms with Crippen molar-refractivity contribution >= 4 is 23.5 Å². The number of primary amides is 1. The van der Waals surface area contributed by atoms with Crippen molar-refractivity contribution < 1.29 is 14.4 Å². The third kappa shape index (κ3) is 6.95. The molecule has 0 aliphatic rings. The maximum Gasteiger partial charge on any atom is 0.312 e. The summed E-state index contributed by atoms with van der Waals surface area (Å²) in [5.74, 6) is -0.549. The number of hydrogen-bond donors (Lipinski definition) is 4. The van der Waals surface area contributed by atoms with E-state index in [1.165, 1.54) is 0 Å². The van der Waals surface area contributed by atoms with E-state index in [1.807, 2.05) is 45.0 Å². The molecule has 4 amide bonds. The molecular formula is C22H28N4O3. The van der Waals surface area contributed by atoms with Crippen LogP contribution in [-0.2, 0) is 11.3 Å². The van der Waals surface area contributed by atoms with E-state index in [1.54, 1.807) is 24.3 Å². The zero-order valence-electron chi connectivity index (χ0n) is 17.0. The molecule has 0 bridgehead atoms. The Bertz CT molecular complexity index is 863. The minimum absolute atomic E-state index is 0.172. The molecule has 29 heavy (non-hydrogen) atoms. The van der Waals surface area contributed by atoms with Gasteiger partial charge in [-0.05, 0) is 37.0 Å². The summed E-state index contributed by atoms with van der Waals surface area (Å²) in [5, 5.41) is 8.06. The lowest BCUT2D eigenvalue weighted by molar-refractivity contribution is -0.118. The van der Waals surface area contributed by atoms with Gasteiger partial charge in [-0.25, -0.2) is 4.79 Å². The second kappa shape index (κ2) is 10.3. The number of aryl methyl sites for hydroxylation is 1. The molecule has 0 unspecified atom stereocenters. The lowest BCUT2D eigenvalue weighted by atomic mass is 10.0. The van der Waals surface area contributed by atoms with E-state index in [2.05, 4.69) is 16.0 Å². The molecule has 7 nitrogen and oxygen atoms in total. The second-order valence-electron chi connectivity index (χ2n) is 7.39. The van der Waals surface area contributed by atoms with Crippen molar-refractivity contribution in [1.82, 2.24) is 10.6 Å². The molecule has 0 spiro atoms. The number of rotatable bonds is 8. The van der Waals surface area contributed by atoms with Crippen molar-refractivity contribution in [3.8, 4) is 0 Å². The third-order valence-electron chi connectivity index (χ3n) is 4.34. The van der Waals surface area contributed by atoms with E-state index < -0.39 is 18.0 Å². The first-order valence-electron chi connectivity index (χ1n) is 9.56. The van der Waals surface area contributed by atoms with E-state index in [0.717, 1.165) is 11.1 Å². The Hall–Kier alpha value is -3.35. The van der Waals surface area contributed by atoms with Crippen LogP contribution in [0.25, 0.3) is 0 Å². The van der Waals surface area contributed by atoms with E-state index in [0.29, 0.717) is 24.2 Å². The first kappa shape index (κ1) is 21.9. The van der Waals surface area contributed by atoms with Gasteiger partial charge in [0.15, 0.2) is 0 Å². The zero-order valence-corrected chi connectivity index (χ0v) is 17.0. The fourth-order valence-corrected chi connectivity index (χ4v) is 2.87. The van der Waals surface area contributed by atoms with Crippen LogP contribution in [0.1, 0.15) is 41.8 Å². The monoisotopic (exact) mass is 396 g/mol. The topological polar surface area (TPSA) is 113 Å². The van der Waals surface area contributed by atoms with Gasteiger partial charge in [0, 0.05) is 6.54 Å². The van der Waals surface area contributed by atoms with Crippen LogP contribution in [0, 0.1) is 12.8 Å². The van der Waals surface area contributed by atoms with Crippen molar-refractivity contribution in [2.24, 2.45) is 11.7 Å². The molecule has 0 aliphatic carbocycles. The Morgan fingerprint density at radius 3 is 2.28 bits per heavy atom. The maximum atomic E-state index is 12.7. The van der Waals surface area contributed by atoms with Gasteiger partial charge in [0.1, 0.15) is 6.04 Å².